The minimum Gasteiger partial charge on any atom is -0.496 e. The van der Waals surface area contributed by atoms with E-state index in [2.05, 4.69) is 0 Å². The van der Waals surface area contributed by atoms with Crippen molar-refractivity contribution in [2.45, 2.75) is 38.9 Å². The maximum atomic E-state index is 12.1. The number of benzene rings is 1. The fourth-order valence-corrected chi connectivity index (χ4v) is 2.01. The van der Waals surface area contributed by atoms with Gasteiger partial charge in [-0.05, 0) is 37.0 Å². The van der Waals surface area contributed by atoms with Crippen molar-refractivity contribution in [1.82, 2.24) is 0 Å². The second-order valence-corrected chi connectivity index (χ2v) is 4.45. The Morgan fingerprint density at radius 2 is 1.72 bits per heavy atom. The molecule has 0 saturated carbocycles. The number of rotatable bonds is 4. The molecular weight excluding hydrogens is 243 g/mol. The molecule has 1 aromatic rings. The monoisotopic (exact) mass is 261 g/mol. The summed E-state index contributed by atoms with van der Waals surface area (Å²) in [6.07, 6.45) is -5.12. The average Bonchev–Trinajstić information content (AvgIpc) is 2.24. The fourth-order valence-electron chi connectivity index (χ4n) is 2.01. The summed E-state index contributed by atoms with van der Waals surface area (Å²) in [5.41, 5.74) is 8.28. The minimum atomic E-state index is -4.16. The lowest BCUT2D eigenvalue weighted by Crippen LogP contribution is -2.16. The molecule has 0 aliphatic carbocycles. The highest BCUT2D eigenvalue weighted by atomic mass is 19.4. The smallest absolute Gasteiger partial charge is 0.389 e. The van der Waals surface area contributed by atoms with Crippen LogP contribution in [0.15, 0.2) is 12.1 Å². The number of aryl methyl sites for hydroxylation is 2. The second kappa shape index (κ2) is 5.61. The summed E-state index contributed by atoms with van der Waals surface area (Å²) < 4.78 is 41.6. The van der Waals surface area contributed by atoms with E-state index in [1.807, 2.05) is 13.8 Å². The summed E-state index contributed by atoms with van der Waals surface area (Å²) in [6.45, 7) is 3.71. The molecule has 5 heteroatoms. The number of methoxy groups -OCH3 is 1. The molecule has 0 aliphatic heterocycles. The Kier molecular flexibility index (Phi) is 4.62. The topological polar surface area (TPSA) is 35.2 Å². The molecule has 102 valence electrons. The third kappa shape index (κ3) is 3.91. The van der Waals surface area contributed by atoms with Crippen LogP contribution in [-0.4, -0.2) is 13.3 Å². The van der Waals surface area contributed by atoms with E-state index < -0.39 is 18.6 Å². The molecule has 0 bridgehead atoms. The number of alkyl halides is 3. The van der Waals surface area contributed by atoms with Crippen molar-refractivity contribution >= 4 is 0 Å². The molecule has 1 atom stereocenters. The number of halogens is 3. The van der Waals surface area contributed by atoms with Gasteiger partial charge >= 0.3 is 6.18 Å². The Bertz CT molecular complexity index is 392. The molecule has 0 fully saturated rings. The Labute approximate surface area is 105 Å². The highest BCUT2D eigenvalue weighted by molar-refractivity contribution is 5.44. The lowest BCUT2D eigenvalue weighted by molar-refractivity contribution is -0.136. The first-order chi connectivity index (χ1) is 8.24. The Hall–Kier alpha value is -1.23. The second-order valence-electron chi connectivity index (χ2n) is 4.45. The van der Waals surface area contributed by atoms with Gasteiger partial charge in [-0.15, -0.1) is 0 Å². The first kappa shape index (κ1) is 14.8. The van der Waals surface area contributed by atoms with Gasteiger partial charge in [-0.25, -0.2) is 0 Å². The van der Waals surface area contributed by atoms with E-state index in [1.54, 1.807) is 19.2 Å². The predicted octanol–water partition coefficient (Wildman–Crippen LogP) is 3.65. The third-order valence-electron chi connectivity index (χ3n) is 2.85. The maximum Gasteiger partial charge on any atom is 0.389 e. The normalized spacial score (nSPS) is 13.5. The summed E-state index contributed by atoms with van der Waals surface area (Å²) in [6, 6.07) is 2.97. The summed E-state index contributed by atoms with van der Waals surface area (Å²) in [5, 5.41) is 0. The molecule has 0 spiro atoms. The molecule has 1 aromatic carbocycles. The van der Waals surface area contributed by atoms with Gasteiger partial charge in [-0.1, -0.05) is 12.1 Å². The van der Waals surface area contributed by atoms with Crippen molar-refractivity contribution in [3.05, 3.63) is 28.8 Å². The van der Waals surface area contributed by atoms with Gasteiger partial charge in [0, 0.05) is 12.5 Å². The quantitative estimate of drug-likeness (QED) is 0.897. The molecule has 0 heterocycles. The first-order valence-corrected chi connectivity index (χ1v) is 5.72. The van der Waals surface area contributed by atoms with Gasteiger partial charge in [-0.2, -0.15) is 13.2 Å². The van der Waals surface area contributed by atoms with Crippen LogP contribution in [0.25, 0.3) is 0 Å². The Balaban J connectivity index is 2.84. The molecule has 0 radical (unpaired) electrons. The predicted molar refractivity (Wildman–Crippen MR) is 64.7 cm³/mol. The lowest BCUT2D eigenvalue weighted by atomic mass is 9.98. The van der Waals surface area contributed by atoms with E-state index in [0.29, 0.717) is 0 Å². The molecule has 2 nitrogen and oxygen atoms in total. The van der Waals surface area contributed by atoms with Crippen LogP contribution in [0.3, 0.4) is 0 Å². The van der Waals surface area contributed by atoms with Gasteiger partial charge < -0.3 is 10.5 Å². The van der Waals surface area contributed by atoms with Crippen molar-refractivity contribution in [1.29, 1.82) is 0 Å². The Morgan fingerprint density at radius 1 is 1.22 bits per heavy atom. The molecule has 0 saturated heterocycles. The first-order valence-electron chi connectivity index (χ1n) is 5.72. The minimum absolute atomic E-state index is 0.102. The van der Waals surface area contributed by atoms with Crippen LogP contribution in [0.4, 0.5) is 13.2 Å². The number of ether oxygens (including phenoxy) is 1. The van der Waals surface area contributed by atoms with Crippen LogP contribution in [0.1, 0.15) is 35.6 Å². The zero-order valence-corrected chi connectivity index (χ0v) is 10.8. The summed E-state index contributed by atoms with van der Waals surface area (Å²) >= 11 is 0. The van der Waals surface area contributed by atoms with Gasteiger partial charge in [0.1, 0.15) is 5.75 Å². The van der Waals surface area contributed by atoms with Crippen LogP contribution in [0.2, 0.25) is 0 Å². The molecular formula is C13H18F3NO. The third-order valence-corrected chi connectivity index (χ3v) is 2.85. The van der Waals surface area contributed by atoms with E-state index in [0.717, 1.165) is 22.4 Å². The summed E-state index contributed by atoms with van der Waals surface area (Å²) in [5.74, 6) is 0.752. The van der Waals surface area contributed by atoms with Crippen LogP contribution in [0, 0.1) is 13.8 Å². The molecule has 0 aliphatic rings. The molecule has 1 rings (SSSR count). The molecule has 0 aromatic heterocycles. The maximum absolute atomic E-state index is 12.1. The molecule has 0 amide bonds. The number of hydrogen-bond acceptors (Lipinski definition) is 2. The molecule has 18 heavy (non-hydrogen) atoms. The molecule has 0 unspecified atom stereocenters. The van der Waals surface area contributed by atoms with Gasteiger partial charge in [0.25, 0.3) is 0 Å². The zero-order valence-electron chi connectivity index (χ0n) is 10.8. The average molecular weight is 261 g/mol. The Morgan fingerprint density at radius 3 is 2.11 bits per heavy atom. The SMILES string of the molecule is COc1c(C)cc([C@H](N)CCC(F)(F)F)cc1C. The highest BCUT2D eigenvalue weighted by Gasteiger charge is 2.28. The van der Waals surface area contributed by atoms with Crippen molar-refractivity contribution in [3.8, 4) is 5.75 Å². The van der Waals surface area contributed by atoms with E-state index >= 15 is 0 Å². The van der Waals surface area contributed by atoms with E-state index in [9.17, 15) is 13.2 Å². The van der Waals surface area contributed by atoms with Gasteiger partial charge in [0.2, 0.25) is 0 Å². The highest BCUT2D eigenvalue weighted by Crippen LogP contribution is 2.30. The van der Waals surface area contributed by atoms with Crippen molar-refractivity contribution < 1.29 is 17.9 Å². The van der Waals surface area contributed by atoms with Gasteiger partial charge in [0.05, 0.1) is 7.11 Å². The van der Waals surface area contributed by atoms with Crippen molar-refractivity contribution in [2.24, 2.45) is 5.73 Å². The summed E-state index contributed by atoms with van der Waals surface area (Å²) in [4.78, 5) is 0. The van der Waals surface area contributed by atoms with E-state index in [4.69, 9.17) is 10.5 Å². The lowest BCUT2D eigenvalue weighted by Gasteiger charge is -2.17. The largest absolute Gasteiger partial charge is 0.496 e. The van der Waals surface area contributed by atoms with Crippen molar-refractivity contribution in [3.63, 3.8) is 0 Å². The van der Waals surface area contributed by atoms with Gasteiger partial charge in [0.15, 0.2) is 0 Å². The standard InChI is InChI=1S/C13H18F3NO/c1-8-6-10(7-9(2)12(8)18-3)11(17)4-5-13(14,15)16/h6-7,11H,4-5,17H2,1-3H3/t11-/m1/s1. The zero-order chi connectivity index (χ0) is 13.9. The van der Waals surface area contributed by atoms with Crippen LogP contribution >= 0.6 is 0 Å². The van der Waals surface area contributed by atoms with Gasteiger partial charge in [-0.3, -0.25) is 0 Å². The van der Waals surface area contributed by atoms with Crippen LogP contribution in [0.5, 0.6) is 5.75 Å². The van der Waals surface area contributed by atoms with Crippen molar-refractivity contribution in [2.75, 3.05) is 7.11 Å². The molecule has 2 N–H and O–H groups in total. The fraction of sp³-hybridized carbons (Fsp3) is 0.538. The van der Waals surface area contributed by atoms with E-state index in [-0.39, 0.29) is 6.42 Å². The number of hydrogen-bond donors (Lipinski definition) is 1. The van der Waals surface area contributed by atoms with Crippen LogP contribution in [-0.2, 0) is 0 Å². The van der Waals surface area contributed by atoms with E-state index in [1.165, 1.54) is 0 Å². The summed E-state index contributed by atoms with van der Waals surface area (Å²) in [7, 11) is 1.57. The van der Waals surface area contributed by atoms with Crippen LogP contribution < -0.4 is 10.5 Å². The number of nitrogens with two attached hydrogens (primary N) is 1.